The molecule has 0 saturated heterocycles. The van der Waals surface area contributed by atoms with Gasteiger partial charge in [-0.2, -0.15) is 0 Å². The van der Waals surface area contributed by atoms with Crippen LogP contribution in [-0.4, -0.2) is 99.1 Å². The highest BCUT2D eigenvalue weighted by atomic mass is 16.3. The molecule has 0 unspecified atom stereocenters. The maximum Gasteiger partial charge on any atom is 0.245 e. The number of carbonyl (C=O) groups excluding carboxylic acids is 6. The molecule has 4 bridgehead atoms. The largest absolute Gasteiger partial charge is 0.507 e. The van der Waals surface area contributed by atoms with Crippen LogP contribution < -0.4 is 10.6 Å². The monoisotopic (exact) mass is 742 g/mol. The quantitative estimate of drug-likeness (QED) is 0.185. The first-order chi connectivity index (χ1) is 25.6. The van der Waals surface area contributed by atoms with Crippen molar-refractivity contribution >= 4 is 35.2 Å². The Balaban J connectivity index is 1.62. The van der Waals surface area contributed by atoms with Gasteiger partial charge in [-0.15, -0.1) is 0 Å². The summed E-state index contributed by atoms with van der Waals surface area (Å²) in [7, 11) is 2.82. The van der Waals surface area contributed by atoms with Gasteiger partial charge in [-0.3, -0.25) is 28.8 Å². The Morgan fingerprint density at radius 1 is 0.870 bits per heavy atom. The average molecular weight is 743 g/mol. The van der Waals surface area contributed by atoms with Crippen LogP contribution in [0.15, 0.2) is 66.7 Å². The fourth-order valence-electron chi connectivity index (χ4n) is 6.68. The summed E-state index contributed by atoms with van der Waals surface area (Å²) in [5, 5.41) is 37.2. The van der Waals surface area contributed by atoms with Crippen LogP contribution in [0.2, 0.25) is 0 Å². The molecule has 288 valence electrons. The van der Waals surface area contributed by atoms with Crippen molar-refractivity contribution in [2.45, 2.75) is 83.5 Å². The number of amides is 4. The van der Waals surface area contributed by atoms with E-state index in [2.05, 4.69) is 10.6 Å². The van der Waals surface area contributed by atoms with E-state index in [4.69, 9.17) is 0 Å². The first kappa shape index (κ1) is 41.2. The summed E-state index contributed by atoms with van der Waals surface area (Å²) in [6, 6.07) is 14.4. The van der Waals surface area contributed by atoms with Crippen LogP contribution in [0.4, 0.5) is 0 Å². The minimum atomic E-state index is -1.23. The number of phenols is 2. The lowest BCUT2D eigenvalue weighted by molar-refractivity contribution is -0.141. The third-order valence-electron chi connectivity index (χ3n) is 9.87. The van der Waals surface area contributed by atoms with Gasteiger partial charge in [0.25, 0.3) is 0 Å². The van der Waals surface area contributed by atoms with E-state index in [-0.39, 0.29) is 67.0 Å². The van der Waals surface area contributed by atoms with Crippen LogP contribution in [-0.2, 0) is 41.6 Å². The first-order valence-electron chi connectivity index (χ1n) is 18.1. The second-order valence-electron chi connectivity index (χ2n) is 14.0. The van der Waals surface area contributed by atoms with E-state index in [1.54, 1.807) is 56.3 Å². The molecular formula is C41H50N4O9. The Morgan fingerprint density at radius 3 is 2.17 bits per heavy atom. The molecule has 13 nitrogen and oxygen atoms in total. The van der Waals surface area contributed by atoms with Crippen molar-refractivity contribution in [2.24, 2.45) is 5.92 Å². The molecule has 1 aliphatic rings. The van der Waals surface area contributed by atoms with Gasteiger partial charge in [-0.25, -0.2) is 0 Å². The molecule has 0 saturated carbocycles. The number of fused-ring (bicyclic) bond motifs is 5. The Labute approximate surface area is 315 Å². The molecule has 4 rings (SSSR count). The molecule has 54 heavy (non-hydrogen) atoms. The first-order valence-corrected chi connectivity index (χ1v) is 18.1. The van der Waals surface area contributed by atoms with Gasteiger partial charge in [0.1, 0.15) is 23.6 Å². The number of hydrogen-bond acceptors (Lipinski definition) is 9. The van der Waals surface area contributed by atoms with Gasteiger partial charge in [0.15, 0.2) is 11.6 Å². The molecule has 0 fully saturated rings. The molecule has 5 N–H and O–H groups in total. The normalized spacial score (nSPS) is 18.4. The van der Waals surface area contributed by atoms with Crippen LogP contribution in [0.5, 0.6) is 11.5 Å². The van der Waals surface area contributed by atoms with Crippen molar-refractivity contribution in [2.75, 3.05) is 20.7 Å². The Bertz CT molecular complexity index is 1860. The number of likely N-dealkylation sites (N-methyl/N-ethyl adjacent to an activating group) is 2. The Kier molecular flexibility index (Phi) is 14.1. The number of Topliss-reactive ketones (excluding diaryl/α,β-unsaturated/α-hetero) is 2. The highest BCUT2D eigenvalue weighted by Crippen LogP contribution is 2.39. The van der Waals surface area contributed by atoms with Gasteiger partial charge in [0, 0.05) is 62.9 Å². The lowest BCUT2D eigenvalue weighted by Crippen LogP contribution is -2.54. The number of benzene rings is 3. The molecule has 4 amide bonds. The lowest BCUT2D eigenvalue weighted by Gasteiger charge is -2.30. The summed E-state index contributed by atoms with van der Waals surface area (Å²) in [5.41, 5.74) is 2.41. The van der Waals surface area contributed by atoms with Gasteiger partial charge in [-0.05, 0) is 60.7 Å². The van der Waals surface area contributed by atoms with Gasteiger partial charge in [0.05, 0.1) is 12.6 Å². The minimum Gasteiger partial charge on any atom is -0.507 e. The SMILES string of the molecule is CCC(=O)N(C)[C@H](CO)C(=O)N[C@H](Cc1ccccc1)C(=O)CCC(=O)N(C)[C@@H]1C(=O)C[C@@H](C)C(=O)N[C@H](C)Cc2ccc(O)c(c2)-c2cc1ccc2O. The maximum atomic E-state index is 14.0. The zero-order valence-electron chi connectivity index (χ0n) is 31.4. The third-order valence-corrected chi connectivity index (χ3v) is 9.87. The van der Waals surface area contributed by atoms with Crippen LogP contribution in [0.25, 0.3) is 11.1 Å². The van der Waals surface area contributed by atoms with Crippen LogP contribution in [0.3, 0.4) is 0 Å². The van der Waals surface area contributed by atoms with E-state index in [0.717, 1.165) is 16.0 Å². The van der Waals surface area contributed by atoms with Gasteiger partial charge < -0.3 is 35.8 Å². The van der Waals surface area contributed by atoms with E-state index in [0.29, 0.717) is 17.5 Å². The number of phenolic OH excluding ortho intramolecular Hbond substituents is 2. The van der Waals surface area contributed by atoms with E-state index in [1.807, 2.05) is 6.92 Å². The summed E-state index contributed by atoms with van der Waals surface area (Å²) in [6.07, 6.45) is -0.223. The number of nitrogens with zero attached hydrogens (tertiary/aromatic N) is 2. The molecule has 0 aliphatic carbocycles. The fraction of sp³-hybridized carbons (Fsp3) is 0.415. The van der Waals surface area contributed by atoms with Crippen LogP contribution in [0.1, 0.15) is 69.2 Å². The minimum absolute atomic E-state index is 0.0864. The lowest BCUT2D eigenvalue weighted by atomic mass is 9.90. The van der Waals surface area contributed by atoms with Crippen molar-refractivity contribution in [1.29, 1.82) is 0 Å². The van der Waals surface area contributed by atoms with Crippen molar-refractivity contribution in [3.05, 3.63) is 83.4 Å². The Morgan fingerprint density at radius 2 is 1.52 bits per heavy atom. The summed E-state index contributed by atoms with van der Waals surface area (Å²) in [6.45, 7) is 4.41. The van der Waals surface area contributed by atoms with Crippen molar-refractivity contribution in [3.8, 4) is 22.6 Å². The average Bonchev–Trinajstić information content (AvgIpc) is 3.14. The highest BCUT2D eigenvalue weighted by Gasteiger charge is 2.34. The number of nitrogens with one attached hydrogen (secondary N) is 2. The van der Waals surface area contributed by atoms with Crippen molar-refractivity contribution < 1.29 is 44.1 Å². The smallest absolute Gasteiger partial charge is 0.245 e. The molecule has 3 aromatic carbocycles. The summed E-state index contributed by atoms with van der Waals surface area (Å²) in [5.74, 6) is -3.93. The van der Waals surface area contributed by atoms with E-state index >= 15 is 0 Å². The van der Waals surface area contributed by atoms with Crippen molar-refractivity contribution in [1.82, 2.24) is 20.4 Å². The van der Waals surface area contributed by atoms with E-state index in [9.17, 15) is 44.1 Å². The predicted octanol–water partition coefficient (Wildman–Crippen LogP) is 3.23. The highest BCUT2D eigenvalue weighted by molar-refractivity contribution is 5.96. The molecule has 5 atom stereocenters. The summed E-state index contributed by atoms with van der Waals surface area (Å²) < 4.78 is 0. The number of ketones is 2. The van der Waals surface area contributed by atoms with E-state index < -0.39 is 54.0 Å². The number of carbonyl (C=O) groups is 6. The maximum absolute atomic E-state index is 14.0. The molecule has 1 heterocycles. The van der Waals surface area contributed by atoms with Gasteiger partial charge >= 0.3 is 0 Å². The number of rotatable bonds is 12. The third kappa shape index (κ3) is 10.1. The molecule has 1 aliphatic heterocycles. The summed E-state index contributed by atoms with van der Waals surface area (Å²) >= 11 is 0. The molecule has 0 aromatic heterocycles. The molecule has 0 radical (unpaired) electrons. The number of aromatic hydroxyl groups is 2. The second kappa shape index (κ2) is 18.5. The zero-order valence-corrected chi connectivity index (χ0v) is 31.4. The van der Waals surface area contributed by atoms with Crippen LogP contribution >= 0.6 is 0 Å². The Hall–Kier alpha value is -5.56. The topological polar surface area (TPSA) is 194 Å². The second-order valence-corrected chi connectivity index (χ2v) is 14.0. The van der Waals surface area contributed by atoms with E-state index in [1.165, 1.54) is 43.3 Å². The standard InChI is InChI=1S/C41H50N4O9/c1-6-37(51)44(4)32(23-46)41(54)43-31(21-26-10-8-7-9-11-26)35(49)16-17-38(52)45(5)39-28-13-15-34(48)30(22-28)29-20-27(12-14-33(29)47)19-25(3)42-40(53)24(2)18-36(39)50/h7-15,20,22,24-25,31-32,39,46-48H,6,16-19,21,23H2,1-5H3,(H,42,53)(H,43,54)/t24-,25-,31-,32-,39+/m1/s1. The zero-order chi connectivity index (χ0) is 39.7. The van der Waals surface area contributed by atoms with Gasteiger partial charge in [0.2, 0.25) is 23.6 Å². The van der Waals surface area contributed by atoms with Crippen molar-refractivity contribution in [3.63, 3.8) is 0 Å². The number of aliphatic hydroxyl groups is 1. The molecule has 0 spiro atoms. The van der Waals surface area contributed by atoms with Gasteiger partial charge in [-0.1, -0.05) is 56.3 Å². The molecular weight excluding hydrogens is 692 g/mol. The number of aliphatic hydroxyl groups excluding tert-OH is 1. The molecule has 3 aromatic rings. The molecule has 13 heteroatoms. The summed E-state index contributed by atoms with van der Waals surface area (Å²) in [4.78, 5) is 82.7. The number of hydrogen-bond donors (Lipinski definition) is 5. The predicted molar refractivity (Wildman–Crippen MR) is 201 cm³/mol. The fourth-order valence-corrected chi connectivity index (χ4v) is 6.68. The van der Waals surface area contributed by atoms with Crippen LogP contribution in [0, 0.1) is 5.92 Å².